The standard InChI is InChI=1S/C23H25N3O3S/c1-14(2)18-6-5-15(3)21(11-18)29-12-22(28)26-23-25-20(13-30-23)17-7-9-19(10-8-17)24-16(4)27/h5-11,13-14H,12H2,1-4H3,(H,24,27)(H,25,26,28). The van der Waals surface area contributed by atoms with Gasteiger partial charge in [0.15, 0.2) is 11.7 Å². The molecule has 2 N–H and O–H groups in total. The zero-order valence-corrected chi connectivity index (χ0v) is 18.3. The number of amides is 2. The number of nitrogens with zero attached hydrogens (tertiary/aromatic N) is 1. The van der Waals surface area contributed by atoms with Crippen molar-refractivity contribution in [2.45, 2.75) is 33.6 Å². The summed E-state index contributed by atoms with van der Waals surface area (Å²) in [5.74, 6) is 0.735. The van der Waals surface area contributed by atoms with E-state index in [1.807, 2.05) is 48.7 Å². The Hall–Kier alpha value is -3.19. The average molecular weight is 424 g/mol. The Labute approximate surface area is 180 Å². The van der Waals surface area contributed by atoms with Gasteiger partial charge in [-0.15, -0.1) is 11.3 Å². The Bertz CT molecular complexity index is 1040. The van der Waals surface area contributed by atoms with Gasteiger partial charge in [-0.1, -0.05) is 38.1 Å². The molecule has 1 heterocycles. The van der Waals surface area contributed by atoms with E-state index in [9.17, 15) is 9.59 Å². The van der Waals surface area contributed by atoms with E-state index in [1.165, 1.54) is 23.8 Å². The third-order valence-electron chi connectivity index (χ3n) is 4.49. The fourth-order valence-corrected chi connectivity index (χ4v) is 3.56. The predicted octanol–water partition coefficient (Wildman–Crippen LogP) is 5.22. The molecule has 0 aliphatic carbocycles. The lowest BCUT2D eigenvalue weighted by molar-refractivity contribution is -0.118. The van der Waals surface area contributed by atoms with E-state index in [0.29, 0.717) is 11.0 Å². The number of rotatable bonds is 7. The summed E-state index contributed by atoms with van der Waals surface area (Å²) in [7, 11) is 0. The van der Waals surface area contributed by atoms with Crippen molar-refractivity contribution in [3.05, 3.63) is 59.0 Å². The maximum Gasteiger partial charge on any atom is 0.264 e. The van der Waals surface area contributed by atoms with Crippen LogP contribution in [0, 0.1) is 6.92 Å². The Morgan fingerprint density at radius 3 is 2.50 bits per heavy atom. The number of hydrogen-bond acceptors (Lipinski definition) is 5. The molecule has 7 heteroatoms. The van der Waals surface area contributed by atoms with E-state index in [4.69, 9.17) is 4.74 Å². The summed E-state index contributed by atoms with van der Waals surface area (Å²) in [4.78, 5) is 27.9. The fraction of sp³-hybridized carbons (Fsp3) is 0.261. The van der Waals surface area contributed by atoms with Crippen molar-refractivity contribution in [3.63, 3.8) is 0 Å². The first-order chi connectivity index (χ1) is 14.3. The molecule has 0 saturated carbocycles. The number of hydrogen-bond donors (Lipinski definition) is 2. The van der Waals surface area contributed by atoms with Crippen LogP contribution in [-0.2, 0) is 9.59 Å². The van der Waals surface area contributed by atoms with E-state index >= 15 is 0 Å². The van der Waals surface area contributed by atoms with Crippen molar-refractivity contribution in [1.82, 2.24) is 4.98 Å². The molecule has 156 valence electrons. The molecule has 0 saturated heterocycles. The first kappa shape index (κ1) is 21.5. The van der Waals surface area contributed by atoms with Gasteiger partial charge in [-0.3, -0.25) is 14.9 Å². The van der Waals surface area contributed by atoms with Crippen molar-refractivity contribution in [2.75, 3.05) is 17.2 Å². The van der Waals surface area contributed by atoms with Gasteiger partial charge in [-0.2, -0.15) is 0 Å². The molecule has 0 radical (unpaired) electrons. The minimum Gasteiger partial charge on any atom is -0.483 e. The van der Waals surface area contributed by atoms with Gasteiger partial charge in [0.25, 0.3) is 5.91 Å². The average Bonchev–Trinajstić information content (AvgIpc) is 3.15. The minimum atomic E-state index is -0.258. The van der Waals surface area contributed by atoms with E-state index in [1.54, 1.807) is 0 Å². The van der Waals surface area contributed by atoms with Gasteiger partial charge < -0.3 is 10.1 Å². The zero-order valence-electron chi connectivity index (χ0n) is 17.5. The lowest BCUT2D eigenvalue weighted by Crippen LogP contribution is -2.20. The van der Waals surface area contributed by atoms with Crippen LogP contribution in [0.4, 0.5) is 10.8 Å². The second-order valence-electron chi connectivity index (χ2n) is 7.31. The highest BCUT2D eigenvalue weighted by Gasteiger charge is 2.11. The van der Waals surface area contributed by atoms with E-state index < -0.39 is 0 Å². The zero-order chi connectivity index (χ0) is 21.7. The quantitative estimate of drug-likeness (QED) is 0.546. The molecule has 0 aliphatic heterocycles. The summed E-state index contributed by atoms with van der Waals surface area (Å²) < 4.78 is 5.73. The summed E-state index contributed by atoms with van der Waals surface area (Å²) >= 11 is 1.35. The molecule has 0 atom stereocenters. The lowest BCUT2D eigenvalue weighted by atomic mass is 10.0. The number of aryl methyl sites for hydroxylation is 1. The van der Waals surface area contributed by atoms with Gasteiger partial charge in [-0.25, -0.2) is 4.98 Å². The minimum absolute atomic E-state index is 0.0806. The van der Waals surface area contributed by atoms with Crippen molar-refractivity contribution in [2.24, 2.45) is 0 Å². The van der Waals surface area contributed by atoms with Crippen molar-refractivity contribution < 1.29 is 14.3 Å². The van der Waals surface area contributed by atoms with Gasteiger partial charge in [-0.05, 0) is 42.2 Å². The molecule has 3 aromatic rings. The van der Waals surface area contributed by atoms with Crippen LogP contribution in [0.25, 0.3) is 11.3 Å². The molecular formula is C23H25N3O3S. The van der Waals surface area contributed by atoms with Crippen LogP contribution >= 0.6 is 11.3 Å². The summed E-state index contributed by atoms with van der Waals surface area (Å²) in [5, 5.41) is 7.90. The molecule has 1 aromatic heterocycles. The Kier molecular flexibility index (Phi) is 6.84. The second-order valence-corrected chi connectivity index (χ2v) is 8.17. The third kappa shape index (κ3) is 5.67. The SMILES string of the molecule is CC(=O)Nc1ccc(-c2csc(NC(=O)COc3cc(C(C)C)ccc3C)n2)cc1. The number of thiazole rings is 1. The summed E-state index contributed by atoms with van der Waals surface area (Å²) in [6, 6.07) is 13.4. The summed E-state index contributed by atoms with van der Waals surface area (Å²) in [5.41, 5.74) is 4.55. The molecule has 3 rings (SSSR count). The van der Waals surface area contributed by atoms with Crippen molar-refractivity contribution in [3.8, 4) is 17.0 Å². The molecule has 0 aliphatic rings. The number of carbonyl (C=O) groups is 2. The molecule has 0 spiro atoms. The number of nitrogens with one attached hydrogen (secondary N) is 2. The summed E-state index contributed by atoms with van der Waals surface area (Å²) in [6.45, 7) is 7.59. The van der Waals surface area contributed by atoms with Crippen LogP contribution in [0.5, 0.6) is 5.75 Å². The Morgan fingerprint density at radius 2 is 1.83 bits per heavy atom. The van der Waals surface area contributed by atoms with Crippen LogP contribution in [0.15, 0.2) is 47.8 Å². The smallest absolute Gasteiger partial charge is 0.264 e. The third-order valence-corrected chi connectivity index (χ3v) is 5.25. The number of aromatic nitrogens is 1. The second kappa shape index (κ2) is 9.54. The lowest BCUT2D eigenvalue weighted by Gasteiger charge is -2.12. The highest BCUT2D eigenvalue weighted by molar-refractivity contribution is 7.14. The largest absolute Gasteiger partial charge is 0.483 e. The van der Waals surface area contributed by atoms with Crippen LogP contribution in [0.3, 0.4) is 0 Å². The van der Waals surface area contributed by atoms with Gasteiger partial charge >= 0.3 is 0 Å². The molecule has 0 unspecified atom stereocenters. The van der Waals surface area contributed by atoms with Crippen LogP contribution in [0.1, 0.15) is 37.8 Å². The van der Waals surface area contributed by atoms with E-state index in [0.717, 1.165) is 28.3 Å². The topological polar surface area (TPSA) is 80.3 Å². The van der Waals surface area contributed by atoms with Gasteiger partial charge in [0, 0.05) is 23.6 Å². The van der Waals surface area contributed by atoms with Gasteiger partial charge in [0.05, 0.1) is 5.69 Å². The van der Waals surface area contributed by atoms with E-state index in [2.05, 4.69) is 35.5 Å². The molecule has 6 nitrogen and oxygen atoms in total. The highest BCUT2D eigenvalue weighted by atomic mass is 32.1. The van der Waals surface area contributed by atoms with Crippen molar-refractivity contribution in [1.29, 1.82) is 0 Å². The number of carbonyl (C=O) groups excluding carboxylic acids is 2. The molecule has 0 fully saturated rings. The molecule has 30 heavy (non-hydrogen) atoms. The van der Waals surface area contributed by atoms with Crippen LogP contribution in [0.2, 0.25) is 0 Å². The molecular weight excluding hydrogens is 398 g/mol. The van der Waals surface area contributed by atoms with Crippen LogP contribution in [-0.4, -0.2) is 23.4 Å². The molecule has 2 amide bonds. The fourth-order valence-electron chi connectivity index (χ4n) is 2.82. The monoisotopic (exact) mass is 423 g/mol. The number of ether oxygens (including phenoxy) is 1. The van der Waals surface area contributed by atoms with E-state index in [-0.39, 0.29) is 18.4 Å². The summed E-state index contributed by atoms with van der Waals surface area (Å²) in [6.07, 6.45) is 0. The van der Waals surface area contributed by atoms with Crippen molar-refractivity contribution >= 4 is 34.0 Å². The first-order valence-electron chi connectivity index (χ1n) is 9.68. The molecule has 2 aromatic carbocycles. The highest BCUT2D eigenvalue weighted by Crippen LogP contribution is 2.27. The Morgan fingerprint density at radius 1 is 1.10 bits per heavy atom. The maximum atomic E-state index is 12.3. The molecule has 0 bridgehead atoms. The van der Waals surface area contributed by atoms with Crippen LogP contribution < -0.4 is 15.4 Å². The maximum absolute atomic E-state index is 12.3. The first-order valence-corrected chi connectivity index (χ1v) is 10.6. The predicted molar refractivity (Wildman–Crippen MR) is 121 cm³/mol. The van der Waals surface area contributed by atoms with Gasteiger partial charge in [0.1, 0.15) is 5.75 Å². The van der Waals surface area contributed by atoms with Gasteiger partial charge in [0.2, 0.25) is 5.91 Å². The number of benzene rings is 2. The Balaban J connectivity index is 1.59. The normalized spacial score (nSPS) is 10.7. The number of anilines is 2.